The van der Waals surface area contributed by atoms with Crippen molar-refractivity contribution in [2.45, 2.75) is 12.5 Å². The number of hydrogen-bond donors (Lipinski definition) is 1. The molecule has 1 N–H and O–H groups in total. The fourth-order valence-electron chi connectivity index (χ4n) is 3.97. The Morgan fingerprint density at radius 2 is 1.77 bits per heavy atom. The number of ether oxygens (including phenoxy) is 2. The summed E-state index contributed by atoms with van der Waals surface area (Å²) in [5, 5.41) is 8.01. The zero-order valence-electron chi connectivity index (χ0n) is 17.5. The maximum atomic E-state index is 5.43. The van der Waals surface area contributed by atoms with Crippen LogP contribution in [0.4, 0.5) is 11.5 Å². The van der Waals surface area contributed by atoms with Crippen LogP contribution < -0.4 is 19.7 Å². The van der Waals surface area contributed by atoms with Gasteiger partial charge in [0.25, 0.3) is 5.78 Å². The van der Waals surface area contributed by atoms with Crippen molar-refractivity contribution in [3.63, 3.8) is 0 Å². The van der Waals surface area contributed by atoms with Gasteiger partial charge in [-0.25, -0.2) is 4.98 Å². The van der Waals surface area contributed by atoms with Crippen LogP contribution in [0, 0.1) is 0 Å². The van der Waals surface area contributed by atoms with Crippen LogP contribution in [0.25, 0.3) is 17.0 Å². The van der Waals surface area contributed by atoms with Crippen LogP contribution in [0.15, 0.2) is 60.9 Å². The maximum absolute atomic E-state index is 5.43. The second-order valence-electron chi connectivity index (χ2n) is 7.51. The summed E-state index contributed by atoms with van der Waals surface area (Å²) in [4.78, 5) is 11.3. The van der Waals surface area contributed by atoms with Crippen molar-refractivity contribution in [1.82, 2.24) is 19.6 Å². The molecule has 5 rings (SSSR count). The van der Waals surface area contributed by atoms with Crippen molar-refractivity contribution in [3.8, 4) is 22.8 Å². The van der Waals surface area contributed by atoms with E-state index in [1.54, 1.807) is 18.7 Å². The highest BCUT2D eigenvalue weighted by molar-refractivity contribution is 5.65. The van der Waals surface area contributed by atoms with Crippen LogP contribution in [0.1, 0.15) is 6.42 Å². The number of nitrogens with one attached hydrogen (secondary N) is 1. The largest absolute Gasteiger partial charge is 0.497 e. The second-order valence-corrected chi connectivity index (χ2v) is 7.51. The molecule has 0 saturated carbocycles. The van der Waals surface area contributed by atoms with Gasteiger partial charge in [-0.1, -0.05) is 30.3 Å². The molecule has 1 saturated heterocycles. The van der Waals surface area contributed by atoms with Crippen LogP contribution >= 0.6 is 0 Å². The van der Waals surface area contributed by atoms with Crippen molar-refractivity contribution in [1.29, 1.82) is 0 Å². The Morgan fingerprint density at radius 3 is 2.52 bits per heavy atom. The fraction of sp³-hybridized carbons (Fsp3) is 0.261. The van der Waals surface area contributed by atoms with Crippen LogP contribution in [-0.4, -0.2) is 52.9 Å². The molecule has 3 heterocycles. The van der Waals surface area contributed by atoms with Gasteiger partial charge in [-0.15, -0.1) is 0 Å². The Bertz CT molecular complexity index is 1170. The fourth-order valence-corrected chi connectivity index (χ4v) is 3.97. The van der Waals surface area contributed by atoms with E-state index in [2.05, 4.69) is 25.3 Å². The summed E-state index contributed by atoms with van der Waals surface area (Å²) in [5.41, 5.74) is 3.01. The summed E-state index contributed by atoms with van der Waals surface area (Å²) in [6.07, 6.45) is 2.53. The van der Waals surface area contributed by atoms with E-state index < -0.39 is 0 Å². The highest BCUT2D eigenvalue weighted by atomic mass is 16.5. The molecule has 1 unspecified atom stereocenters. The Labute approximate surface area is 180 Å². The van der Waals surface area contributed by atoms with E-state index in [-0.39, 0.29) is 6.04 Å². The first-order valence-corrected chi connectivity index (χ1v) is 10.2. The number of hydrogen-bond acceptors (Lipinski definition) is 7. The number of rotatable bonds is 6. The summed E-state index contributed by atoms with van der Waals surface area (Å²) in [7, 11) is 3.34. The summed E-state index contributed by atoms with van der Waals surface area (Å²) in [5.74, 6) is 3.04. The molecule has 0 radical (unpaired) electrons. The lowest BCUT2D eigenvalue weighted by atomic mass is 10.1. The average molecular weight is 416 g/mol. The quantitative estimate of drug-likeness (QED) is 0.515. The number of fused-ring (bicyclic) bond motifs is 1. The second kappa shape index (κ2) is 8.14. The van der Waals surface area contributed by atoms with Crippen LogP contribution in [0.2, 0.25) is 0 Å². The van der Waals surface area contributed by atoms with Crippen molar-refractivity contribution in [3.05, 3.63) is 60.9 Å². The Morgan fingerprint density at radius 1 is 1.00 bits per heavy atom. The minimum atomic E-state index is 0.260. The molecule has 158 valence electrons. The SMILES string of the molecule is COc1cc(OC)cc(N2CCC(Nc3cc(-c4ccccc4)nc4ncnn34)C2)c1. The molecule has 1 atom stereocenters. The number of nitrogens with zero attached hydrogens (tertiary/aromatic N) is 5. The molecule has 1 fully saturated rings. The van der Waals surface area contributed by atoms with Gasteiger partial charge in [-0.05, 0) is 6.42 Å². The Hall–Kier alpha value is -3.81. The summed E-state index contributed by atoms with van der Waals surface area (Å²) >= 11 is 0. The molecule has 1 aliphatic heterocycles. The van der Waals surface area contributed by atoms with E-state index >= 15 is 0 Å². The number of aromatic nitrogens is 4. The molecule has 4 aromatic rings. The third kappa shape index (κ3) is 3.84. The molecule has 0 bridgehead atoms. The standard InChI is InChI=1S/C23H24N6O2/c1-30-19-10-18(11-20(12-19)31-2)28-9-8-17(14-28)26-22-13-21(16-6-4-3-5-7-16)27-23-24-15-25-29(22)23/h3-7,10-13,15,17,26H,8-9,14H2,1-2H3. The lowest BCUT2D eigenvalue weighted by Crippen LogP contribution is -2.27. The van der Waals surface area contributed by atoms with E-state index in [0.717, 1.165) is 53.8 Å². The predicted molar refractivity (Wildman–Crippen MR) is 120 cm³/mol. The van der Waals surface area contributed by atoms with Gasteiger partial charge in [-0.3, -0.25) is 0 Å². The Balaban J connectivity index is 1.39. The lowest BCUT2D eigenvalue weighted by molar-refractivity contribution is 0.394. The molecule has 2 aromatic heterocycles. The minimum Gasteiger partial charge on any atom is -0.497 e. The highest BCUT2D eigenvalue weighted by Gasteiger charge is 2.24. The third-order valence-corrected chi connectivity index (χ3v) is 5.56. The minimum absolute atomic E-state index is 0.260. The van der Waals surface area contributed by atoms with Gasteiger partial charge in [0.05, 0.1) is 19.9 Å². The first kappa shape index (κ1) is 19.2. The van der Waals surface area contributed by atoms with Crippen LogP contribution in [-0.2, 0) is 0 Å². The van der Waals surface area contributed by atoms with Gasteiger partial charge in [-0.2, -0.15) is 14.6 Å². The zero-order chi connectivity index (χ0) is 21.2. The molecule has 0 aliphatic carbocycles. The van der Waals surface area contributed by atoms with E-state index in [1.807, 2.05) is 54.6 Å². The van der Waals surface area contributed by atoms with Crippen molar-refractivity contribution in [2.75, 3.05) is 37.5 Å². The topological polar surface area (TPSA) is 76.8 Å². The molecule has 2 aromatic carbocycles. The molecule has 0 spiro atoms. The van der Waals surface area contributed by atoms with Crippen molar-refractivity contribution < 1.29 is 9.47 Å². The molecular formula is C23H24N6O2. The summed E-state index contributed by atoms with van der Waals surface area (Å²) < 4.78 is 12.6. The first-order valence-electron chi connectivity index (χ1n) is 10.2. The van der Waals surface area contributed by atoms with E-state index in [1.165, 1.54) is 6.33 Å². The van der Waals surface area contributed by atoms with Crippen molar-refractivity contribution >= 4 is 17.3 Å². The van der Waals surface area contributed by atoms with Gasteiger partial charge in [0, 0.05) is 54.6 Å². The van der Waals surface area contributed by atoms with Gasteiger partial charge < -0.3 is 19.7 Å². The summed E-state index contributed by atoms with van der Waals surface area (Å²) in [6, 6.07) is 18.4. The maximum Gasteiger partial charge on any atom is 0.254 e. The van der Waals surface area contributed by atoms with Gasteiger partial charge in [0.15, 0.2) is 0 Å². The summed E-state index contributed by atoms with van der Waals surface area (Å²) in [6.45, 7) is 1.79. The monoisotopic (exact) mass is 416 g/mol. The molecule has 0 amide bonds. The Kier molecular flexibility index (Phi) is 5.03. The van der Waals surface area contributed by atoms with Gasteiger partial charge in [0.1, 0.15) is 23.6 Å². The van der Waals surface area contributed by atoms with E-state index in [0.29, 0.717) is 5.78 Å². The number of anilines is 2. The van der Waals surface area contributed by atoms with Crippen LogP contribution in [0.3, 0.4) is 0 Å². The smallest absolute Gasteiger partial charge is 0.254 e. The molecule has 8 heteroatoms. The molecule has 31 heavy (non-hydrogen) atoms. The first-order chi connectivity index (χ1) is 15.2. The van der Waals surface area contributed by atoms with E-state index in [4.69, 9.17) is 9.47 Å². The van der Waals surface area contributed by atoms with Gasteiger partial charge in [0.2, 0.25) is 0 Å². The highest BCUT2D eigenvalue weighted by Crippen LogP contribution is 2.31. The van der Waals surface area contributed by atoms with Crippen LogP contribution in [0.5, 0.6) is 11.5 Å². The van der Waals surface area contributed by atoms with E-state index in [9.17, 15) is 0 Å². The predicted octanol–water partition coefficient (Wildman–Crippen LogP) is 3.50. The zero-order valence-corrected chi connectivity index (χ0v) is 17.5. The van der Waals surface area contributed by atoms with Gasteiger partial charge >= 0.3 is 0 Å². The molecule has 8 nitrogen and oxygen atoms in total. The average Bonchev–Trinajstić information content (AvgIpc) is 3.49. The number of methoxy groups -OCH3 is 2. The molecule has 1 aliphatic rings. The lowest BCUT2D eigenvalue weighted by Gasteiger charge is -2.21. The normalized spacial score (nSPS) is 15.9. The molecular weight excluding hydrogens is 392 g/mol. The third-order valence-electron chi connectivity index (χ3n) is 5.56. The van der Waals surface area contributed by atoms with Crippen molar-refractivity contribution in [2.24, 2.45) is 0 Å². The number of benzene rings is 2.